The van der Waals surface area contributed by atoms with Crippen molar-refractivity contribution in [3.63, 3.8) is 0 Å². The van der Waals surface area contributed by atoms with Crippen molar-refractivity contribution in [2.75, 3.05) is 18.0 Å². The van der Waals surface area contributed by atoms with Crippen LogP contribution in [-0.2, 0) is 0 Å². The molecule has 1 aliphatic heterocycles. The van der Waals surface area contributed by atoms with E-state index in [9.17, 15) is 0 Å². The smallest absolute Gasteiger partial charge is 0.135 e. The van der Waals surface area contributed by atoms with Gasteiger partial charge >= 0.3 is 0 Å². The molecule has 5 nitrogen and oxygen atoms in total. The van der Waals surface area contributed by atoms with Gasteiger partial charge in [0.1, 0.15) is 11.6 Å². The van der Waals surface area contributed by atoms with Crippen molar-refractivity contribution in [1.29, 1.82) is 0 Å². The molecule has 0 bridgehead atoms. The van der Waals surface area contributed by atoms with Crippen LogP contribution < -0.4 is 4.90 Å². The first kappa shape index (κ1) is 14.2. The highest BCUT2D eigenvalue weighted by atomic mass is 15.3. The number of nitrogens with zero attached hydrogens (tertiary/aromatic N) is 5. The monoisotopic (exact) mass is 307 g/mol. The van der Waals surface area contributed by atoms with Gasteiger partial charge in [-0.3, -0.25) is 4.68 Å². The predicted molar refractivity (Wildman–Crippen MR) is 91.8 cm³/mol. The minimum Gasteiger partial charge on any atom is -0.354 e. The molecule has 3 aromatic rings. The van der Waals surface area contributed by atoms with Gasteiger partial charge in [0.15, 0.2) is 0 Å². The van der Waals surface area contributed by atoms with E-state index in [0.29, 0.717) is 6.04 Å². The summed E-state index contributed by atoms with van der Waals surface area (Å²) in [6.07, 6.45) is 3.05. The number of hydrogen-bond donors (Lipinski definition) is 0. The molecule has 4 rings (SSSR count). The van der Waals surface area contributed by atoms with E-state index >= 15 is 0 Å². The summed E-state index contributed by atoms with van der Waals surface area (Å²) in [5, 5.41) is 5.82. The van der Waals surface area contributed by atoms with Crippen LogP contribution in [0.5, 0.6) is 0 Å². The lowest BCUT2D eigenvalue weighted by molar-refractivity contribution is 0.510. The Kier molecular flexibility index (Phi) is 3.29. The number of benzene rings is 1. The van der Waals surface area contributed by atoms with Crippen LogP contribution in [0, 0.1) is 20.8 Å². The van der Waals surface area contributed by atoms with Crippen molar-refractivity contribution in [2.24, 2.45) is 0 Å². The zero-order chi connectivity index (χ0) is 16.0. The largest absolute Gasteiger partial charge is 0.354 e. The molecule has 1 unspecified atom stereocenters. The van der Waals surface area contributed by atoms with E-state index in [1.807, 2.05) is 13.1 Å². The Morgan fingerprint density at radius 3 is 2.78 bits per heavy atom. The first-order valence-corrected chi connectivity index (χ1v) is 8.12. The molecule has 2 aromatic heterocycles. The van der Waals surface area contributed by atoms with Crippen molar-refractivity contribution in [2.45, 2.75) is 33.2 Å². The predicted octanol–water partition coefficient (Wildman–Crippen LogP) is 3.20. The standard InChI is InChI=1S/C18H21N5/c1-12-13(2)20-14(3)21-18(12)22-9-8-16(11-22)23-17-7-5-4-6-15(17)10-19-23/h4-7,10,16H,8-9,11H2,1-3H3. The SMILES string of the molecule is Cc1nc(C)c(C)c(N2CCC(n3ncc4ccccc43)C2)n1. The summed E-state index contributed by atoms with van der Waals surface area (Å²) in [7, 11) is 0. The molecule has 1 atom stereocenters. The van der Waals surface area contributed by atoms with Gasteiger partial charge in [-0.05, 0) is 33.3 Å². The molecular weight excluding hydrogens is 286 g/mol. The van der Waals surface area contributed by atoms with Crippen LogP contribution in [0.2, 0.25) is 0 Å². The molecule has 0 N–H and O–H groups in total. The van der Waals surface area contributed by atoms with E-state index in [1.165, 1.54) is 16.5 Å². The van der Waals surface area contributed by atoms with Gasteiger partial charge in [0.05, 0.1) is 17.8 Å². The third kappa shape index (κ3) is 2.36. The van der Waals surface area contributed by atoms with E-state index < -0.39 is 0 Å². The van der Waals surface area contributed by atoms with Crippen molar-refractivity contribution in [3.8, 4) is 0 Å². The summed E-state index contributed by atoms with van der Waals surface area (Å²) in [5.41, 5.74) is 3.47. The molecule has 0 saturated carbocycles. The van der Waals surface area contributed by atoms with Crippen LogP contribution in [0.3, 0.4) is 0 Å². The van der Waals surface area contributed by atoms with Gasteiger partial charge in [0.2, 0.25) is 0 Å². The molecule has 5 heteroatoms. The maximum atomic E-state index is 4.68. The maximum absolute atomic E-state index is 4.68. The van der Waals surface area contributed by atoms with Gasteiger partial charge in [0, 0.05) is 29.7 Å². The highest BCUT2D eigenvalue weighted by Crippen LogP contribution is 2.30. The number of fused-ring (bicyclic) bond motifs is 1. The van der Waals surface area contributed by atoms with Gasteiger partial charge in [-0.25, -0.2) is 9.97 Å². The second-order valence-electron chi connectivity index (χ2n) is 6.34. The van der Waals surface area contributed by atoms with Crippen LogP contribution >= 0.6 is 0 Å². The van der Waals surface area contributed by atoms with Crippen LogP contribution in [0.15, 0.2) is 30.5 Å². The molecule has 0 amide bonds. The third-order valence-electron chi connectivity index (χ3n) is 4.79. The van der Waals surface area contributed by atoms with Crippen LogP contribution in [-0.4, -0.2) is 32.8 Å². The van der Waals surface area contributed by atoms with E-state index in [4.69, 9.17) is 0 Å². The molecule has 23 heavy (non-hydrogen) atoms. The van der Waals surface area contributed by atoms with Crippen molar-refractivity contribution in [3.05, 3.63) is 47.5 Å². The van der Waals surface area contributed by atoms with Crippen molar-refractivity contribution >= 4 is 16.7 Å². The number of aryl methyl sites for hydroxylation is 2. The Balaban J connectivity index is 1.65. The van der Waals surface area contributed by atoms with E-state index in [0.717, 1.165) is 36.8 Å². The number of aromatic nitrogens is 4. The van der Waals surface area contributed by atoms with E-state index in [-0.39, 0.29) is 0 Å². The number of anilines is 1. The molecule has 0 aliphatic carbocycles. The number of hydrogen-bond acceptors (Lipinski definition) is 4. The number of rotatable bonds is 2. The summed E-state index contributed by atoms with van der Waals surface area (Å²) in [4.78, 5) is 11.5. The molecule has 118 valence electrons. The van der Waals surface area contributed by atoms with Gasteiger partial charge in [-0.15, -0.1) is 0 Å². The van der Waals surface area contributed by atoms with Crippen molar-refractivity contribution < 1.29 is 0 Å². The summed E-state index contributed by atoms with van der Waals surface area (Å²) < 4.78 is 2.17. The van der Waals surface area contributed by atoms with Gasteiger partial charge < -0.3 is 4.90 Å². The highest BCUT2D eigenvalue weighted by molar-refractivity contribution is 5.78. The minimum atomic E-state index is 0.393. The Hall–Kier alpha value is -2.43. The lowest BCUT2D eigenvalue weighted by Gasteiger charge is -2.21. The quantitative estimate of drug-likeness (QED) is 0.729. The third-order valence-corrected chi connectivity index (χ3v) is 4.79. The first-order chi connectivity index (χ1) is 11.1. The van der Waals surface area contributed by atoms with Gasteiger partial charge in [-0.1, -0.05) is 18.2 Å². The molecule has 1 saturated heterocycles. The molecule has 0 radical (unpaired) electrons. The zero-order valence-corrected chi connectivity index (χ0v) is 13.8. The van der Waals surface area contributed by atoms with E-state index in [1.54, 1.807) is 0 Å². The summed E-state index contributed by atoms with van der Waals surface area (Å²) >= 11 is 0. The second kappa shape index (κ2) is 5.33. The maximum Gasteiger partial charge on any atom is 0.135 e. The Morgan fingerprint density at radius 2 is 1.91 bits per heavy atom. The van der Waals surface area contributed by atoms with Gasteiger partial charge in [0.25, 0.3) is 0 Å². The number of para-hydroxylation sites is 1. The highest BCUT2D eigenvalue weighted by Gasteiger charge is 2.27. The Labute approximate surface area is 136 Å². The fraction of sp³-hybridized carbons (Fsp3) is 0.389. The lowest BCUT2D eigenvalue weighted by Crippen LogP contribution is -2.24. The fourth-order valence-electron chi connectivity index (χ4n) is 3.48. The topological polar surface area (TPSA) is 46.8 Å². The minimum absolute atomic E-state index is 0.393. The first-order valence-electron chi connectivity index (χ1n) is 8.12. The van der Waals surface area contributed by atoms with Crippen LogP contribution in [0.1, 0.15) is 29.5 Å². The molecule has 3 heterocycles. The molecular formula is C18H21N5. The zero-order valence-electron chi connectivity index (χ0n) is 13.8. The summed E-state index contributed by atoms with van der Waals surface area (Å²) in [6.45, 7) is 8.09. The second-order valence-corrected chi connectivity index (χ2v) is 6.34. The molecule has 0 spiro atoms. The molecule has 1 aromatic carbocycles. The molecule has 1 aliphatic rings. The Bertz CT molecular complexity index is 867. The summed E-state index contributed by atoms with van der Waals surface area (Å²) in [5.74, 6) is 1.92. The average Bonchev–Trinajstić information content (AvgIpc) is 3.17. The normalized spacial score (nSPS) is 18.0. The average molecular weight is 307 g/mol. The van der Waals surface area contributed by atoms with Gasteiger partial charge in [-0.2, -0.15) is 5.10 Å². The molecule has 1 fully saturated rings. The summed E-state index contributed by atoms with van der Waals surface area (Å²) in [6, 6.07) is 8.80. The Morgan fingerprint density at radius 1 is 1.09 bits per heavy atom. The van der Waals surface area contributed by atoms with Crippen molar-refractivity contribution in [1.82, 2.24) is 19.7 Å². The lowest BCUT2D eigenvalue weighted by atomic mass is 10.2. The van der Waals surface area contributed by atoms with Crippen LogP contribution in [0.25, 0.3) is 10.9 Å². The van der Waals surface area contributed by atoms with E-state index in [2.05, 4.69) is 62.8 Å². The fourth-order valence-corrected chi connectivity index (χ4v) is 3.48. The van der Waals surface area contributed by atoms with Crippen LogP contribution in [0.4, 0.5) is 5.82 Å².